The van der Waals surface area contributed by atoms with E-state index < -0.39 is 0 Å². The Labute approximate surface area is 199 Å². The predicted octanol–water partition coefficient (Wildman–Crippen LogP) is 4.94. The molecule has 0 saturated carbocycles. The zero-order valence-corrected chi connectivity index (χ0v) is 19.5. The first kappa shape index (κ1) is 22.0. The van der Waals surface area contributed by atoms with E-state index in [4.69, 9.17) is 21.2 Å². The summed E-state index contributed by atoms with van der Waals surface area (Å²) in [4.78, 5) is 16.6. The molecule has 33 heavy (non-hydrogen) atoms. The van der Waals surface area contributed by atoms with Crippen molar-refractivity contribution in [1.82, 2.24) is 14.9 Å². The Morgan fingerprint density at radius 3 is 2.67 bits per heavy atom. The molecule has 3 aromatic rings. The number of hydrogen-bond acceptors (Lipinski definition) is 6. The van der Waals surface area contributed by atoms with E-state index in [1.165, 1.54) is 16.7 Å². The fourth-order valence-electron chi connectivity index (χ4n) is 4.66. The Morgan fingerprint density at radius 2 is 1.94 bits per heavy atom. The second kappa shape index (κ2) is 9.59. The van der Waals surface area contributed by atoms with Crippen molar-refractivity contribution in [2.24, 2.45) is 5.16 Å². The van der Waals surface area contributed by atoms with Crippen LogP contribution in [-0.2, 0) is 28.3 Å². The van der Waals surface area contributed by atoms with Crippen LogP contribution in [0.2, 0.25) is 5.02 Å². The smallest absolute Gasteiger partial charge is 0.135 e. The van der Waals surface area contributed by atoms with E-state index in [2.05, 4.69) is 50.4 Å². The van der Waals surface area contributed by atoms with Gasteiger partial charge in [-0.05, 0) is 49.1 Å². The molecule has 6 nitrogen and oxygen atoms in total. The second-order valence-corrected chi connectivity index (χ2v) is 8.94. The summed E-state index contributed by atoms with van der Waals surface area (Å²) in [6.07, 6.45) is 7.47. The number of fused-ring (bicyclic) bond motifs is 2. The Morgan fingerprint density at radius 1 is 1.12 bits per heavy atom. The van der Waals surface area contributed by atoms with Gasteiger partial charge in [-0.15, -0.1) is 0 Å². The molecule has 0 radical (unpaired) electrons. The molecule has 170 valence electrons. The van der Waals surface area contributed by atoms with Gasteiger partial charge in [0.1, 0.15) is 12.3 Å². The standard InChI is InChI=1S/C26H27ClN4O2/c1-2-33-30-25(24-8-7-22(27)15-29-24)20-5-3-19(4-6-20)17-31-13-10-26(11-14-31)23-16-28-12-9-21(23)18-32-26/h3-9,12,15-16H,2,10-11,13-14,17-18H2,1H3/b30-25-. The van der Waals surface area contributed by atoms with Crippen LogP contribution in [0.5, 0.6) is 0 Å². The number of likely N-dealkylation sites (tertiary alicyclic amines) is 1. The van der Waals surface area contributed by atoms with E-state index in [-0.39, 0.29) is 5.60 Å². The third kappa shape index (κ3) is 4.64. The molecule has 0 atom stereocenters. The van der Waals surface area contributed by atoms with Crippen molar-refractivity contribution in [3.63, 3.8) is 0 Å². The fourth-order valence-corrected chi connectivity index (χ4v) is 4.77. The van der Waals surface area contributed by atoms with Gasteiger partial charge in [-0.1, -0.05) is 41.0 Å². The highest BCUT2D eigenvalue weighted by atomic mass is 35.5. The maximum absolute atomic E-state index is 6.27. The molecular weight excluding hydrogens is 436 g/mol. The Kier molecular flexibility index (Phi) is 6.40. The molecule has 4 heterocycles. The van der Waals surface area contributed by atoms with E-state index in [9.17, 15) is 0 Å². The first-order valence-corrected chi connectivity index (χ1v) is 11.8. The molecule has 2 aliphatic heterocycles. The quantitative estimate of drug-likeness (QED) is 0.383. The molecule has 0 unspecified atom stereocenters. The van der Waals surface area contributed by atoms with E-state index in [1.807, 2.05) is 31.5 Å². The Bertz CT molecular complexity index is 1120. The highest BCUT2D eigenvalue weighted by Gasteiger charge is 2.42. The van der Waals surface area contributed by atoms with Gasteiger partial charge in [0.25, 0.3) is 0 Å². The topological polar surface area (TPSA) is 59.8 Å². The summed E-state index contributed by atoms with van der Waals surface area (Å²) in [5.41, 5.74) is 6.07. The van der Waals surface area contributed by atoms with Crippen molar-refractivity contribution in [2.75, 3.05) is 19.7 Å². The average Bonchev–Trinajstić information content (AvgIpc) is 3.21. The van der Waals surface area contributed by atoms with Crippen molar-refractivity contribution in [2.45, 2.75) is 38.5 Å². The van der Waals surface area contributed by atoms with Crippen molar-refractivity contribution < 1.29 is 9.57 Å². The predicted molar refractivity (Wildman–Crippen MR) is 128 cm³/mol. The lowest BCUT2D eigenvalue weighted by molar-refractivity contribution is -0.0800. The monoisotopic (exact) mass is 462 g/mol. The van der Waals surface area contributed by atoms with Crippen LogP contribution < -0.4 is 0 Å². The van der Waals surface area contributed by atoms with Crippen LogP contribution in [0.1, 0.15) is 47.7 Å². The number of nitrogens with zero attached hydrogens (tertiary/aromatic N) is 4. The highest BCUT2D eigenvalue weighted by molar-refractivity contribution is 6.30. The zero-order chi connectivity index (χ0) is 22.7. The van der Waals surface area contributed by atoms with Crippen LogP contribution in [0.3, 0.4) is 0 Å². The van der Waals surface area contributed by atoms with Crippen LogP contribution in [0.4, 0.5) is 0 Å². The van der Waals surface area contributed by atoms with Gasteiger partial charge in [-0.2, -0.15) is 0 Å². The molecule has 5 rings (SSSR count). The zero-order valence-electron chi connectivity index (χ0n) is 18.7. The maximum Gasteiger partial charge on any atom is 0.135 e. The van der Waals surface area contributed by atoms with E-state index in [1.54, 1.807) is 6.20 Å². The molecule has 0 N–H and O–H groups in total. The summed E-state index contributed by atoms with van der Waals surface area (Å²) in [5, 5.41) is 4.89. The summed E-state index contributed by atoms with van der Waals surface area (Å²) in [5.74, 6) is 0. The lowest BCUT2D eigenvalue weighted by Gasteiger charge is -2.39. The third-order valence-corrected chi connectivity index (χ3v) is 6.68. The van der Waals surface area contributed by atoms with Gasteiger partial charge in [-0.25, -0.2) is 0 Å². The minimum Gasteiger partial charge on any atom is -0.396 e. The number of piperidine rings is 1. The van der Waals surface area contributed by atoms with Crippen molar-refractivity contribution in [1.29, 1.82) is 0 Å². The number of ether oxygens (including phenoxy) is 1. The number of rotatable bonds is 6. The lowest BCUT2D eigenvalue weighted by Crippen LogP contribution is -2.42. The first-order valence-electron chi connectivity index (χ1n) is 11.4. The van der Waals surface area contributed by atoms with E-state index in [0.29, 0.717) is 23.9 Å². The summed E-state index contributed by atoms with van der Waals surface area (Å²) in [6.45, 7) is 6.02. The molecule has 1 fully saturated rings. The number of benzene rings is 1. The maximum atomic E-state index is 6.27. The van der Waals surface area contributed by atoms with Gasteiger partial charge in [0, 0.05) is 49.4 Å². The van der Waals surface area contributed by atoms with Gasteiger partial charge in [0.05, 0.1) is 22.9 Å². The minimum absolute atomic E-state index is 0.153. The molecule has 0 bridgehead atoms. The summed E-state index contributed by atoms with van der Waals surface area (Å²) >= 11 is 6.00. The Balaban J connectivity index is 1.25. The molecule has 1 spiro atoms. The number of oxime groups is 1. The average molecular weight is 463 g/mol. The summed E-state index contributed by atoms with van der Waals surface area (Å²) in [7, 11) is 0. The normalized spacial score (nSPS) is 17.8. The summed E-state index contributed by atoms with van der Waals surface area (Å²) in [6, 6.07) is 14.2. The molecule has 2 aliphatic rings. The minimum atomic E-state index is -0.153. The Hall–Kier alpha value is -2.80. The first-order chi connectivity index (χ1) is 16.2. The number of hydrogen-bond donors (Lipinski definition) is 0. The van der Waals surface area contributed by atoms with Gasteiger partial charge < -0.3 is 9.57 Å². The van der Waals surface area contributed by atoms with Crippen molar-refractivity contribution in [3.8, 4) is 0 Å². The molecule has 0 aliphatic carbocycles. The van der Waals surface area contributed by atoms with Crippen molar-refractivity contribution in [3.05, 3.63) is 94.0 Å². The van der Waals surface area contributed by atoms with Crippen LogP contribution in [-0.4, -0.2) is 40.3 Å². The van der Waals surface area contributed by atoms with Crippen LogP contribution in [0, 0.1) is 0 Å². The molecule has 7 heteroatoms. The van der Waals surface area contributed by atoms with E-state index in [0.717, 1.165) is 43.7 Å². The fraction of sp³-hybridized carbons (Fsp3) is 0.346. The number of pyridine rings is 2. The van der Waals surface area contributed by atoms with Crippen LogP contribution in [0.25, 0.3) is 0 Å². The number of aromatic nitrogens is 2. The molecule has 0 amide bonds. The highest BCUT2D eigenvalue weighted by Crippen LogP contribution is 2.43. The van der Waals surface area contributed by atoms with Crippen LogP contribution >= 0.6 is 11.6 Å². The van der Waals surface area contributed by atoms with Gasteiger partial charge >= 0.3 is 0 Å². The largest absolute Gasteiger partial charge is 0.396 e. The lowest BCUT2D eigenvalue weighted by atomic mass is 9.84. The molecule has 2 aromatic heterocycles. The van der Waals surface area contributed by atoms with Crippen molar-refractivity contribution >= 4 is 17.3 Å². The van der Waals surface area contributed by atoms with Gasteiger partial charge in [0.2, 0.25) is 0 Å². The molecule has 1 saturated heterocycles. The summed E-state index contributed by atoms with van der Waals surface area (Å²) < 4.78 is 6.27. The van der Waals surface area contributed by atoms with Gasteiger partial charge in [-0.3, -0.25) is 14.9 Å². The third-order valence-electron chi connectivity index (χ3n) is 6.46. The number of halogens is 1. The van der Waals surface area contributed by atoms with Gasteiger partial charge in [0.15, 0.2) is 0 Å². The second-order valence-electron chi connectivity index (χ2n) is 8.51. The SMILES string of the molecule is CCO/N=C(/c1ccc(CN2CCC3(CC2)OCc2ccncc23)cc1)c1ccc(Cl)cn1. The molecule has 1 aromatic carbocycles. The molecular formula is C26H27ClN4O2. The van der Waals surface area contributed by atoms with Crippen LogP contribution in [0.15, 0.2) is 66.2 Å². The van der Waals surface area contributed by atoms with E-state index >= 15 is 0 Å².